The van der Waals surface area contributed by atoms with Crippen LogP contribution in [0.3, 0.4) is 0 Å². The van der Waals surface area contributed by atoms with Gasteiger partial charge in [-0.15, -0.1) is 0 Å². The van der Waals surface area contributed by atoms with Crippen molar-refractivity contribution in [3.05, 3.63) is 52.8 Å². The highest BCUT2D eigenvalue weighted by molar-refractivity contribution is 7.89. The highest BCUT2D eigenvalue weighted by Gasteiger charge is 2.23. The van der Waals surface area contributed by atoms with Crippen molar-refractivity contribution in [2.45, 2.75) is 37.1 Å². The van der Waals surface area contributed by atoms with Crippen LogP contribution >= 0.6 is 0 Å². The quantitative estimate of drug-likeness (QED) is 0.423. The van der Waals surface area contributed by atoms with Crippen LogP contribution in [0, 0.1) is 17.5 Å². The molecule has 0 unspecified atom stereocenters. The lowest BCUT2D eigenvalue weighted by Crippen LogP contribution is -2.31. The van der Waals surface area contributed by atoms with Gasteiger partial charge in [-0.2, -0.15) is 0 Å². The van der Waals surface area contributed by atoms with E-state index >= 15 is 0 Å². The number of sulfonamides is 1. The molecule has 0 atom stereocenters. The first kappa shape index (κ1) is 24.3. The SMILES string of the molecule is COc1cc2c(cc1OC)CN(CCCCCNS(=O)(=O)c1ccc(F)c(F)c1F)CC2. The van der Waals surface area contributed by atoms with Gasteiger partial charge in [-0.25, -0.2) is 26.3 Å². The molecule has 2 aromatic carbocycles. The van der Waals surface area contributed by atoms with Crippen molar-refractivity contribution in [3.8, 4) is 11.5 Å². The summed E-state index contributed by atoms with van der Waals surface area (Å²) in [7, 11) is -1.02. The number of hydrogen-bond acceptors (Lipinski definition) is 5. The molecule has 0 spiro atoms. The van der Waals surface area contributed by atoms with E-state index in [1.54, 1.807) is 14.2 Å². The van der Waals surface area contributed by atoms with Gasteiger partial charge in [0, 0.05) is 19.6 Å². The average molecular weight is 473 g/mol. The molecule has 0 fully saturated rings. The van der Waals surface area contributed by atoms with E-state index < -0.39 is 32.4 Å². The minimum Gasteiger partial charge on any atom is -0.493 e. The van der Waals surface area contributed by atoms with E-state index in [4.69, 9.17) is 9.47 Å². The molecule has 1 aliphatic rings. The minimum absolute atomic E-state index is 0.0839. The molecule has 0 bridgehead atoms. The maximum absolute atomic E-state index is 13.7. The zero-order chi connectivity index (χ0) is 23.3. The van der Waals surface area contributed by atoms with E-state index in [1.807, 2.05) is 12.1 Å². The number of nitrogens with one attached hydrogen (secondary N) is 1. The van der Waals surface area contributed by atoms with Crippen LogP contribution in [-0.2, 0) is 23.0 Å². The normalized spacial score (nSPS) is 14.3. The summed E-state index contributed by atoms with van der Waals surface area (Å²) < 4.78 is 77.3. The van der Waals surface area contributed by atoms with Crippen LogP contribution in [0.4, 0.5) is 13.2 Å². The Labute approximate surface area is 186 Å². The van der Waals surface area contributed by atoms with Crippen LogP contribution in [0.2, 0.25) is 0 Å². The third kappa shape index (κ3) is 5.54. The van der Waals surface area contributed by atoms with Gasteiger partial charge >= 0.3 is 0 Å². The van der Waals surface area contributed by atoms with Crippen molar-refractivity contribution in [2.75, 3.05) is 33.9 Å². The summed E-state index contributed by atoms with van der Waals surface area (Å²) in [6.45, 7) is 2.67. The van der Waals surface area contributed by atoms with Crippen LogP contribution in [0.25, 0.3) is 0 Å². The number of methoxy groups -OCH3 is 2. The maximum atomic E-state index is 13.7. The smallest absolute Gasteiger partial charge is 0.243 e. The Hall–Kier alpha value is -2.30. The van der Waals surface area contributed by atoms with Crippen LogP contribution in [0.5, 0.6) is 11.5 Å². The van der Waals surface area contributed by atoms with Crippen molar-refractivity contribution in [3.63, 3.8) is 0 Å². The summed E-state index contributed by atoms with van der Waals surface area (Å²) in [4.78, 5) is 1.44. The summed E-state index contributed by atoms with van der Waals surface area (Å²) in [5.74, 6) is -3.51. The molecule has 0 saturated carbocycles. The molecule has 0 aromatic heterocycles. The number of fused-ring (bicyclic) bond motifs is 1. The fourth-order valence-electron chi connectivity index (χ4n) is 3.77. The average Bonchev–Trinajstić information content (AvgIpc) is 2.78. The molecular formula is C22H27F3N2O4S. The molecule has 1 N–H and O–H groups in total. The lowest BCUT2D eigenvalue weighted by Gasteiger charge is -2.29. The van der Waals surface area contributed by atoms with Crippen molar-refractivity contribution in [2.24, 2.45) is 0 Å². The predicted octanol–water partition coefficient (Wildman–Crippen LogP) is 3.63. The molecule has 0 aliphatic carbocycles. The number of hydrogen-bond donors (Lipinski definition) is 1. The fourth-order valence-corrected chi connectivity index (χ4v) is 4.91. The third-order valence-electron chi connectivity index (χ3n) is 5.53. The fraction of sp³-hybridized carbons (Fsp3) is 0.455. The van der Waals surface area contributed by atoms with E-state index in [0.29, 0.717) is 18.2 Å². The Morgan fingerprint density at radius 3 is 2.34 bits per heavy atom. The second-order valence-corrected chi connectivity index (χ2v) is 9.37. The van der Waals surface area contributed by atoms with Gasteiger partial charge < -0.3 is 9.47 Å². The molecule has 3 rings (SSSR count). The standard InChI is InChI=1S/C22H27F3N2O4S/c1-30-18-12-15-8-11-27(14-16(15)13-19(18)31-2)10-5-3-4-9-26-32(28,29)20-7-6-17(23)21(24)22(20)25/h6-7,12-13,26H,3-5,8-11,14H2,1-2H3. The Morgan fingerprint density at radius 1 is 0.969 bits per heavy atom. The summed E-state index contributed by atoms with van der Waals surface area (Å²) in [6.07, 6.45) is 3.08. The monoisotopic (exact) mass is 472 g/mol. The molecule has 0 amide bonds. The first-order chi connectivity index (χ1) is 15.3. The van der Waals surface area contributed by atoms with Crippen LogP contribution in [-0.4, -0.2) is 47.2 Å². The molecule has 32 heavy (non-hydrogen) atoms. The lowest BCUT2D eigenvalue weighted by atomic mass is 9.98. The Balaban J connectivity index is 1.43. The first-order valence-electron chi connectivity index (χ1n) is 10.4. The van der Waals surface area contributed by atoms with Crippen molar-refractivity contribution >= 4 is 10.0 Å². The molecule has 176 valence electrons. The number of ether oxygens (including phenoxy) is 2. The van der Waals surface area contributed by atoms with E-state index in [9.17, 15) is 21.6 Å². The maximum Gasteiger partial charge on any atom is 0.243 e. The molecule has 1 heterocycles. The molecular weight excluding hydrogens is 445 g/mol. The Morgan fingerprint density at radius 2 is 1.66 bits per heavy atom. The van der Waals surface area contributed by atoms with Crippen molar-refractivity contribution in [1.29, 1.82) is 0 Å². The topological polar surface area (TPSA) is 67.9 Å². The number of benzene rings is 2. The van der Waals surface area contributed by atoms with Gasteiger partial charge in [0.1, 0.15) is 4.90 Å². The Bertz CT molecular complexity index is 1060. The summed E-state index contributed by atoms with van der Waals surface area (Å²) >= 11 is 0. The number of nitrogens with zero attached hydrogens (tertiary/aromatic N) is 1. The lowest BCUT2D eigenvalue weighted by molar-refractivity contribution is 0.247. The Kier molecular flexibility index (Phi) is 8.02. The van der Waals surface area contributed by atoms with Gasteiger partial charge in [0.2, 0.25) is 10.0 Å². The second kappa shape index (κ2) is 10.5. The van der Waals surface area contributed by atoms with Gasteiger partial charge in [0.25, 0.3) is 0 Å². The second-order valence-electron chi connectivity index (χ2n) is 7.63. The van der Waals surface area contributed by atoms with Gasteiger partial charge in [0.05, 0.1) is 14.2 Å². The molecule has 6 nitrogen and oxygen atoms in total. The third-order valence-corrected chi connectivity index (χ3v) is 7.01. The van der Waals surface area contributed by atoms with Gasteiger partial charge in [0.15, 0.2) is 29.0 Å². The highest BCUT2D eigenvalue weighted by Crippen LogP contribution is 2.33. The highest BCUT2D eigenvalue weighted by atomic mass is 32.2. The van der Waals surface area contributed by atoms with Gasteiger partial charge in [-0.3, -0.25) is 4.90 Å². The number of unbranched alkanes of at least 4 members (excludes halogenated alkanes) is 2. The summed E-state index contributed by atoms with van der Waals surface area (Å²) in [5, 5.41) is 0. The molecule has 0 saturated heterocycles. The van der Waals surface area contributed by atoms with Crippen LogP contribution < -0.4 is 14.2 Å². The largest absolute Gasteiger partial charge is 0.493 e. The van der Waals surface area contributed by atoms with Crippen molar-refractivity contribution in [1.82, 2.24) is 9.62 Å². The molecule has 2 aromatic rings. The van der Waals surface area contributed by atoms with Gasteiger partial charge in [-0.05, 0) is 61.2 Å². The minimum atomic E-state index is -4.25. The van der Waals surface area contributed by atoms with Gasteiger partial charge in [-0.1, -0.05) is 6.42 Å². The molecule has 1 aliphatic heterocycles. The predicted molar refractivity (Wildman–Crippen MR) is 114 cm³/mol. The van der Waals surface area contributed by atoms with Crippen molar-refractivity contribution < 1.29 is 31.1 Å². The number of halogens is 3. The zero-order valence-corrected chi connectivity index (χ0v) is 18.9. The van der Waals surface area contributed by atoms with E-state index in [0.717, 1.165) is 50.7 Å². The van der Waals surface area contributed by atoms with Crippen LogP contribution in [0.1, 0.15) is 30.4 Å². The summed E-state index contributed by atoms with van der Waals surface area (Å²) in [6, 6.07) is 5.34. The zero-order valence-electron chi connectivity index (χ0n) is 18.1. The first-order valence-corrected chi connectivity index (χ1v) is 11.8. The van der Waals surface area contributed by atoms with Crippen LogP contribution in [0.15, 0.2) is 29.2 Å². The summed E-state index contributed by atoms with van der Waals surface area (Å²) in [5.41, 5.74) is 2.45. The van der Waals surface area contributed by atoms with E-state index in [2.05, 4.69) is 9.62 Å². The van der Waals surface area contributed by atoms with E-state index in [-0.39, 0.29) is 6.54 Å². The molecule has 0 radical (unpaired) electrons. The molecule has 10 heteroatoms. The number of rotatable bonds is 10. The van der Waals surface area contributed by atoms with E-state index in [1.165, 1.54) is 11.1 Å².